The third-order valence-electron chi connectivity index (χ3n) is 2.71. The smallest absolute Gasteiger partial charge is 0.159 e. The molecule has 0 aliphatic rings. The fourth-order valence-corrected chi connectivity index (χ4v) is 1.65. The molecule has 2 aromatic carbocycles. The Morgan fingerprint density at radius 1 is 1.05 bits per heavy atom. The summed E-state index contributed by atoms with van der Waals surface area (Å²) in [5.74, 6) is -1.56. The molecule has 0 bridgehead atoms. The molecule has 2 N–H and O–H groups in total. The number of halogens is 2. The molecule has 0 unspecified atom stereocenters. The Balaban J connectivity index is 1.90. The predicted octanol–water partition coefficient (Wildman–Crippen LogP) is 3.75. The Bertz CT molecular complexity index is 622. The second-order valence-electron chi connectivity index (χ2n) is 4.26. The minimum Gasteiger partial charge on any atom is -0.366 e. The second kappa shape index (κ2) is 6.61. The molecular formula is C16H14F2N2. The molecule has 0 amide bonds. The first-order chi connectivity index (χ1) is 9.65. The number of hydrogen-bond acceptors (Lipinski definition) is 1. The SMILES string of the molecule is N=C(/C=C/c1ccc(F)c(F)c1)NCc1ccccc1. The lowest BCUT2D eigenvalue weighted by Gasteiger charge is -2.04. The predicted molar refractivity (Wildman–Crippen MR) is 76.4 cm³/mol. The molecule has 102 valence electrons. The van der Waals surface area contributed by atoms with E-state index in [-0.39, 0.29) is 5.84 Å². The molecule has 4 heteroatoms. The van der Waals surface area contributed by atoms with Gasteiger partial charge in [-0.1, -0.05) is 42.5 Å². The first kappa shape index (κ1) is 13.9. The molecule has 0 fully saturated rings. The molecule has 0 aliphatic carbocycles. The fraction of sp³-hybridized carbons (Fsp3) is 0.0625. The average Bonchev–Trinajstić information content (AvgIpc) is 2.47. The van der Waals surface area contributed by atoms with E-state index in [0.29, 0.717) is 12.1 Å². The number of rotatable bonds is 4. The maximum absolute atomic E-state index is 13.0. The number of nitrogens with one attached hydrogen (secondary N) is 2. The third-order valence-corrected chi connectivity index (χ3v) is 2.71. The van der Waals surface area contributed by atoms with Gasteiger partial charge >= 0.3 is 0 Å². The minimum absolute atomic E-state index is 0.207. The third kappa shape index (κ3) is 4.02. The molecule has 0 atom stereocenters. The molecule has 2 aromatic rings. The Hall–Kier alpha value is -2.49. The topological polar surface area (TPSA) is 35.9 Å². The summed E-state index contributed by atoms with van der Waals surface area (Å²) in [5, 5.41) is 10.6. The van der Waals surface area contributed by atoms with Crippen molar-refractivity contribution in [3.8, 4) is 0 Å². The van der Waals surface area contributed by atoms with Crippen LogP contribution in [-0.4, -0.2) is 5.84 Å². The van der Waals surface area contributed by atoms with Crippen molar-refractivity contribution in [2.24, 2.45) is 0 Å². The van der Waals surface area contributed by atoms with Crippen LogP contribution in [0.1, 0.15) is 11.1 Å². The summed E-state index contributed by atoms with van der Waals surface area (Å²) in [4.78, 5) is 0. The van der Waals surface area contributed by atoms with Gasteiger partial charge in [-0.05, 0) is 29.3 Å². The summed E-state index contributed by atoms with van der Waals surface area (Å²) in [5.41, 5.74) is 1.58. The fourth-order valence-electron chi connectivity index (χ4n) is 1.65. The molecule has 0 saturated heterocycles. The van der Waals surface area contributed by atoms with Crippen LogP contribution in [0.25, 0.3) is 6.08 Å². The van der Waals surface area contributed by atoms with Gasteiger partial charge in [0.15, 0.2) is 11.6 Å². The zero-order chi connectivity index (χ0) is 14.4. The average molecular weight is 272 g/mol. The van der Waals surface area contributed by atoms with Gasteiger partial charge in [-0.2, -0.15) is 0 Å². The summed E-state index contributed by atoms with van der Waals surface area (Å²) in [7, 11) is 0. The van der Waals surface area contributed by atoms with Gasteiger partial charge in [-0.3, -0.25) is 5.41 Å². The molecule has 0 radical (unpaired) electrons. The van der Waals surface area contributed by atoms with Crippen LogP contribution in [0.2, 0.25) is 0 Å². The van der Waals surface area contributed by atoms with Gasteiger partial charge in [0, 0.05) is 6.54 Å². The molecule has 2 nitrogen and oxygen atoms in total. The van der Waals surface area contributed by atoms with E-state index in [9.17, 15) is 8.78 Å². The van der Waals surface area contributed by atoms with E-state index in [4.69, 9.17) is 5.41 Å². The molecule has 0 saturated carbocycles. The van der Waals surface area contributed by atoms with E-state index >= 15 is 0 Å². The van der Waals surface area contributed by atoms with Crippen molar-refractivity contribution in [2.45, 2.75) is 6.54 Å². The highest BCUT2D eigenvalue weighted by atomic mass is 19.2. The summed E-state index contributed by atoms with van der Waals surface area (Å²) in [6, 6.07) is 13.3. The highest BCUT2D eigenvalue weighted by Crippen LogP contribution is 2.09. The Kier molecular flexibility index (Phi) is 4.60. The summed E-state index contributed by atoms with van der Waals surface area (Å²) in [6.07, 6.45) is 3.07. The molecule has 20 heavy (non-hydrogen) atoms. The van der Waals surface area contributed by atoms with Crippen LogP contribution in [0.5, 0.6) is 0 Å². The highest BCUT2D eigenvalue weighted by molar-refractivity contribution is 5.93. The zero-order valence-corrected chi connectivity index (χ0v) is 10.7. The van der Waals surface area contributed by atoms with Crippen molar-refractivity contribution >= 4 is 11.9 Å². The van der Waals surface area contributed by atoms with E-state index in [1.165, 1.54) is 12.1 Å². The maximum Gasteiger partial charge on any atom is 0.159 e. The summed E-state index contributed by atoms with van der Waals surface area (Å²) < 4.78 is 25.7. The molecular weight excluding hydrogens is 258 g/mol. The van der Waals surface area contributed by atoms with Crippen molar-refractivity contribution < 1.29 is 8.78 Å². The quantitative estimate of drug-likeness (QED) is 0.645. The molecule has 0 aromatic heterocycles. The van der Waals surface area contributed by atoms with Crippen molar-refractivity contribution in [3.05, 3.63) is 77.4 Å². The van der Waals surface area contributed by atoms with Gasteiger partial charge in [-0.15, -0.1) is 0 Å². The van der Waals surface area contributed by atoms with Crippen molar-refractivity contribution in [1.29, 1.82) is 5.41 Å². The Morgan fingerprint density at radius 3 is 2.50 bits per heavy atom. The summed E-state index contributed by atoms with van der Waals surface area (Å²) in [6.45, 7) is 0.543. The lowest BCUT2D eigenvalue weighted by molar-refractivity contribution is 0.508. The van der Waals surface area contributed by atoms with E-state index in [0.717, 1.165) is 17.7 Å². The van der Waals surface area contributed by atoms with Crippen LogP contribution in [0.3, 0.4) is 0 Å². The van der Waals surface area contributed by atoms with Gasteiger partial charge in [0.2, 0.25) is 0 Å². The lowest BCUT2D eigenvalue weighted by Crippen LogP contribution is -2.19. The van der Waals surface area contributed by atoms with E-state index in [2.05, 4.69) is 5.32 Å². The second-order valence-corrected chi connectivity index (χ2v) is 4.26. The Labute approximate surface area is 116 Å². The monoisotopic (exact) mass is 272 g/mol. The van der Waals surface area contributed by atoms with Crippen LogP contribution in [-0.2, 0) is 6.54 Å². The molecule has 2 rings (SSSR count). The van der Waals surface area contributed by atoms with Gasteiger partial charge in [0.25, 0.3) is 0 Å². The van der Waals surface area contributed by atoms with Crippen LogP contribution >= 0.6 is 0 Å². The van der Waals surface area contributed by atoms with E-state index < -0.39 is 11.6 Å². The lowest BCUT2D eigenvalue weighted by atomic mass is 10.2. The standard InChI is InChI=1S/C16H14F2N2/c17-14-8-6-12(10-15(14)18)7-9-16(19)20-11-13-4-2-1-3-5-13/h1-10H,11H2,(H2,19,20)/b9-7+. The van der Waals surface area contributed by atoms with Crippen molar-refractivity contribution in [1.82, 2.24) is 5.32 Å². The van der Waals surface area contributed by atoms with Gasteiger partial charge in [0.05, 0.1) is 0 Å². The van der Waals surface area contributed by atoms with Gasteiger partial charge in [-0.25, -0.2) is 8.78 Å². The van der Waals surface area contributed by atoms with Crippen molar-refractivity contribution in [3.63, 3.8) is 0 Å². The number of hydrogen-bond donors (Lipinski definition) is 2. The largest absolute Gasteiger partial charge is 0.366 e. The zero-order valence-electron chi connectivity index (χ0n) is 10.7. The minimum atomic E-state index is -0.893. The van der Waals surface area contributed by atoms with Crippen LogP contribution in [0.15, 0.2) is 54.6 Å². The molecule has 0 heterocycles. The van der Waals surface area contributed by atoms with Crippen LogP contribution in [0.4, 0.5) is 8.78 Å². The van der Waals surface area contributed by atoms with E-state index in [1.54, 1.807) is 6.08 Å². The maximum atomic E-state index is 13.0. The van der Waals surface area contributed by atoms with Gasteiger partial charge < -0.3 is 5.32 Å². The number of benzene rings is 2. The van der Waals surface area contributed by atoms with Gasteiger partial charge in [0.1, 0.15) is 5.84 Å². The highest BCUT2D eigenvalue weighted by Gasteiger charge is 2.00. The summed E-state index contributed by atoms with van der Waals surface area (Å²) >= 11 is 0. The van der Waals surface area contributed by atoms with E-state index in [1.807, 2.05) is 30.3 Å². The molecule has 0 spiro atoms. The first-order valence-corrected chi connectivity index (χ1v) is 6.14. The number of amidine groups is 1. The van der Waals surface area contributed by atoms with Crippen molar-refractivity contribution in [2.75, 3.05) is 0 Å². The normalized spacial score (nSPS) is 10.7. The Morgan fingerprint density at radius 2 is 1.80 bits per heavy atom. The van der Waals surface area contributed by atoms with Crippen LogP contribution in [0, 0.1) is 17.0 Å². The molecule has 0 aliphatic heterocycles. The van der Waals surface area contributed by atoms with Crippen LogP contribution < -0.4 is 5.32 Å². The first-order valence-electron chi connectivity index (χ1n) is 6.14.